The van der Waals surface area contributed by atoms with Crippen molar-refractivity contribution in [1.82, 2.24) is 10.2 Å². The lowest BCUT2D eigenvalue weighted by atomic mass is 10.0. The molecule has 5 rings (SSSR count). The highest BCUT2D eigenvalue weighted by Crippen LogP contribution is 2.37. The van der Waals surface area contributed by atoms with E-state index in [1.165, 1.54) is 0 Å². The highest BCUT2D eigenvalue weighted by atomic mass is 16.1. The van der Waals surface area contributed by atoms with Crippen molar-refractivity contribution in [3.8, 4) is 17.3 Å². The van der Waals surface area contributed by atoms with Crippen molar-refractivity contribution in [2.45, 2.75) is 24.9 Å². The van der Waals surface area contributed by atoms with Gasteiger partial charge in [0.2, 0.25) is 0 Å². The maximum Gasteiger partial charge on any atom is 0.251 e. The summed E-state index contributed by atoms with van der Waals surface area (Å²) in [5, 5.41) is 15.9. The summed E-state index contributed by atoms with van der Waals surface area (Å²) >= 11 is 0. The highest BCUT2D eigenvalue weighted by molar-refractivity contribution is 5.95. The Bertz CT molecular complexity index is 1120. The van der Waals surface area contributed by atoms with Crippen LogP contribution in [0.15, 0.2) is 78.9 Å². The van der Waals surface area contributed by atoms with Crippen molar-refractivity contribution in [3.05, 3.63) is 84.4 Å². The second-order valence-corrected chi connectivity index (χ2v) is 8.27. The largest absolute Gasteiger partial charge is 0.355 e. The molecule has 0 aromatic heterocycles. The molecule has 2 fully saturated rings. The molecule has 2 bridgehead atoms. The number of hydrogen-bond donors (Lipinski definition) is 2. The predicted molar refractivity (Wildman–Crippen MR) is 122 cm³/mol. The SMILES string of the molecule is N#CN1CC2CCC1[C@@H]2NC(=O)c1ccc(-c2ccccc2Nc2ccccc2)cc1. The van der Waals surface area contributed by atoms with Crippen LogP contribution in [0.4, 0.5) is 11.4 Å². The van der Waals surface area contributed by atoms with Crippen LogP contribution in [0, 0.1) is 17.4 Å². The number of likely N-dealkylation sites (tertiary alicyclic amines) is 1. The lowest BCUT2D eigenvalue weighted by molar-refractivity contribution is 0.0929. The second kappa shape index (κ2) is 8.16. The van der Waals surface area contributed by atoms with Gasteiger partial charge in [0, 0.05) is 29.0 Å². The first-order chi connectivity index (χ1) is 15.2. The van der Waals surface area contributed by atoms with Crippen LogP contribution in [-0.2, 0) is 0 Å². The van der Waals surface area contributed by atoms with Gasteiger partial charge < -0.3 is 15.5 Å². The van der Waals surface area contributed by atoms with Crippen molar-refractivity contribution < 1.29 is 4.79 Å². The maximum absolute atomic E-state index is 12.8. The van der Waals surface area contributed by atoms with Crippen LogP contribution in [0.5, 0.6) is 0 Å². The first kappa shape index (κ1) is 19.2. The minimum Gasteiger partial charge on any atom is -0.355 e. The van der Waals surface area contributed by atoms with Gasteiger partial charge in [-0.25, -0.2) is 0 Å². The molecule has 1 amide bonds. The topological polar surface area (TPSA) is 68.2 Å². The van der Waals surface area contributed by atoms with E-state index in [2.05, 4.69) is 29.0 Å². The molecular formula is C26H24N4O. The summed E-state index contributed by atoms with van der Waals surface area (Å²) < 4.78 is 0. The van der Waals surface area contributed by atoms with Gasteiger partial charge >= 0.3 is 0 Å². The third-order valence-electron chi connectivity index (χ3n) is 6.45. The number of hydrogen-bond acceptors (Lipinski definition) is 4. The molecule has 0 radical (unpaired) electrons. The van der Waals surface area contributed by atoms with Crippen molar-refractivity contribution in [2.24, 2.45) is 5.92 Å². The molecular weight excluding hydrogens is 384 g/mol. The van der Waals surface area contributed by atoms with Crippen LogP contribution < -0.4 is 10.6 Å². The van der Waals surface area contributed by atoms with Gasteiger partial charge in [0.15, 0.2) is 6.19 Å². The maximum atomic E-state index is 12.8. The Kier molecular flexibility index (Phi) is 5.05. The Morgan fingerprint density at radius 1 is 0.935 bits per heavy atom. The fourth-order valence-corrected chi connectivity index (χ4v) is 4.89. The number of carbonyl (C=O) groups is 1. The zero-order chi connectivity index (χ0) is 21.2. The third kappa shape index (κ3) is 3.73. The summed E-state index contributed by atoms with van der Waals surface area (Å²) in [6.45, 7) is 0.760. The molecule has 2 aliphatic rings. The number of amides is 1. The molecule has 1 saturated carbocycles. The van der Waals surface area contributed by atoms with Crippen LogP contribution in [0.2, 0.25) is 0 Å². The van der Waals surface area contributed by atoms with Crippen LogP contribution >= 0.6 is 0 Å². The van der Waals surface area contributed by atoms with E-state index in [0.717, 1.165) is 41.9 Å². The Balaban J connectivity index is 1.32. The van der Waals surface area contributed by atoms with E-state index in [1.54, 1.807) is 0 Å². The zero-order valence-electron chi connectivity index (χ0n) is 17.2. The predicted octanol–water partition coefficient (Wildman–Crippen LogP) is 4.77. The Hall–Kier alpha value is -3.78. The summed E-state index contributed by atoms with van der Waals surface area (Å²) in [5.41, 5.74) is 4.82. The summed E-state index contributed by atoms with van der Waals surface area (Å²) in [7, 11) is 0. The van der Waals surface area contributed by atoms with Crippen molar-refractivity contribution >= 4 is 17.3 Å². The van der Waals surface area contributed by atoms with E-state index in [0.29, 0.717) is 11.5 Å². The normalized spacial score (nSPS) is 21.5. The summed E-state index contributed by atoms with van der Waals surface area (Å²) in [5.74, 6) is 0.313. The highest BCUT2D eigenvalue weighted by Gasteiger charge is 2.47. The Labute approximate surface area is 182 Å². The van der Waals surface area contributed by atoms with Gasteiger partial charge in [-0.3, -0.25) is 4.79 Å². The van der Waals surface area contributed by atoms with Crippen LogP contribution in [0.1, 0.15) is 23.2 Å². The second-order valence-electron chi connectivity index (χ2n) is 8.27. The first-order valence-corrected chi connectivity index (χ1v) is 10.7. The van der Waals surface area contributed by atoms with Crippen LogP contribution in [0.25, 0.3) is 11.1 Å². The minimum atomic E-state index is -0.0658. The van der Waals surface area contributed by atoms with Crippen LogP contribution in [-0.4, -0.2) is 29.4 Å². The van der Waals surface area contributed by atoms with Crippen molar-refractivity contribution in [3.63, 3.8) is 0 Å². The molecule has 31 heavy (non-hydrogen) atoms. The lowest BCUT2D eigenvalue weighted by Gasteiger charge is -2.21. The van der Waals surface area contributed by atoms with Crippen molar-refractivity contribution in [1.29, 1.82) is 5.26 Å². The molecule has 1 aliphatic heterocycles. The number of piperidine rings is 1. The fourth-order valence-electron chi connectivity index (χ4n) is 4.89. The first-order valence-electron chi connectivity index (χ1n) is 10.7. The van der Waals surface area contributed by atoms with E-state index in [9.17, 15) is 10.1 Å². The molecule has 2 unspecified atom stereocenters. The van der Waals surface area contributed by atoms with E-state index < -0.39 is 0 Å². The standard InChI is InChI=1S/C26H24N4O/c27-17-30-16-20-14-15-24(30)25(20)29-26(31)19-12-10-18(11-13-19)22-8-4-5-9-23(22)28-21-6-2-1-3-7-21/h1-13,20,24-25,28H,14-16H2,(H,29,31)/t20?,24?,25-/m1/s1. The molecule has 3 aromatic carbocycles. The average Bonchev–Trinajstić information content (AvgIpc) is 3.36. The van der Waals surface area contributed by atoms with Gasteiger partial charge in [-0.05, 0) is 54.7 Å². The number of nitrogens with one attached hydrogen (secondary N) is 2. The molecule has 3 atom stereocenters. The molecule has 2 N–H and O–H groups in total. The van der Waals surface area contributed by atoms with Gasteiger partial charge in [0.1, 0.15) is 0 Å². The van der Waals surface area contributed by atoms with Gasteiger partial charge in [-0.15, -0.1) is 0 Å². The summed E-state index contributed by atoms with van der Waals surface area (Å²) in [6, 6.07) is 26.2. The summed E-state index contributed by atoms with van der Waals surface area (Å²) in [6.07, 6.45) is 4.32. The molecule has 5 nitrogen and oxygen atoms in total. The van der Waals surface area contributed by atoms with E-state index in [4.69, 9.17) is 0 Å². The van der Waals surface area contributed by atoms with E-state index >= 15 is 0 Å². The third-order valence-corrected chi connectivity index (χ3v) is 6.45. The summed E-state index contributed by atoms with van der Waals surface area (Å²) in [4.78, 5) is 14.7. The van der Waals surface area contributed by atoms with E-state index in [1.807, 2.05) is 71.6 Å². The van der Waals surface area contributed by atoms with Crippen LogP contribution in [0.3, 0.4) is 0 Å². The number of carbonyl (C=O) groups excluding carboxylic acids is 1. The van der Waals surface area contributed by atoms with Gasteiger partial charge in [0.05, 0.1) is 12.1 Å². The number of nitrogens with zero attached hydrogens (tertiary/aromatic N) is 2. The lowest BCUT2D eigenvalue weighted by Crippen LogP contribution is -2.42. The average molecular weight is 409 g/mol. The number of benzene rings is 3. The minimum absolute atomic E-state index is 0.0658. The molecule has 1 aliphatic carbocycles. The van der Waals surface area contributed by atoms with Gasteiger partial charge in [-0.1, -0.05) is 48.5 Å². The fraction of sp³-hybridized carbons (Fsp3) is 0.231. The number of anilines is 2. The Morgan fingerprint density at radius 2 is 1.68 bits per heavy atom. The number of para-hydroxylation sites is 2. The molecule has 0 spiro atoms. The monoisotopic (exact) mass is 408 g/mol. The van der Waals surface area contributed by atoms with Gasteiger partial charge in [-0.2, -0.15) is 5.26 Å². The number of rotatable bonds is 5. The Morgan fingerprint density at radius 3 is 2.42 bits per heavy atom. The quantitative estimate of drug-likeness (QED) is 0.597. The zero-order valence-corrected chi connectivity index (χ0v) is 17.2. The number of fused-ring (bicyclic) bond motifs is 2. The molecule has 154 valence electrons. The van der Waals surface area contributed by atoms with E-state index in [-0.39, 0.29) is 18.0 Å². The van der Waals surface area contributed by atoms with Gasteiger partial charge in [0.25, 0.3) is 5.91 Å². The molecule has 5 heteroatoms. The molecule has 1 heterocycles. The molecule has 1 saturated heterocycles. The smallest absolute Gasteiger partial charge is 0.251 e. The van der Waals surface area contributed by atoms with Crippen molar-refractivity contribution in [2.75, 3.05) is 11.9 Å². The number of nitriles is 1. The molecule has 3 aromatic rings.